The first-order chi connectivity index (χ1) is 9.16. The van der Waals surface area contributed by atoms with Crippen LogP contribution in [0.4, 0.5) is 0 Å². The Bertz CT molecular complexity index is 489. The van der Waals surface area contributed by atoms with E-state index in [2.05, 4.69) is 17.2 Å². The van der Waals surface area contributed by atoms with Gasteiger partial charge in [-0.25, -0.2) is 4.98 Å². The van der Waals surface area contributed by atoms with E-state index in [4.69, 9.17) is 0 Å². The first-order valence-corrected chi connectivity index (χ1v) is 7.92. The summed E-state index contributed by atoms with van der Waals surface area (Å²) in [6, 6.07) is 0.253. The van der Waals surface area contributed by atoms with Crippen molar-refractivity contribution in [3.63, 3.8) is 0 Å². The second-order valence-corrected chi connectivity index (χ2v) is 6.83. The van der Waals surface area contributed by atoms with Gasteiger partial charge in [0.15, 0.2) is 0 Å². The fraction of sp³-hybridized carbons (Fsp3) is 0.714. The number of carbonyl (C=O) groups is 1. The number of rotatable bonds is 2. The van der Waals surface area contributed by atoms with Crippen LogP contribution in [0.3, 0.4) is 0 Å². The molecule has 7 heteroatoms. The van der Waals surface area contributed by atoms with Crippen molar-refractivity contribution in [3.8, 4) is 0 Å². The molecule has 1 aliphatic carbocycles. The zero-order chi connectivity index (χ0) is 13.4. The molecule has 0 spiro atoms. The molecular weight excluding hydrogens is 329 g/mol. The van der Waals surface area contributed by atoms with Gasteiger partial charge in [0.05, 0.1) is 27.5 Å². The first kappa shape index (κ1) is 18.7. The van der Waals surface area contributed by atoms with Crippen LogP contribution in [0.25, 0.3) is 0 Å². The predicted molar refractivity (Wildman–Crippen MR) is 90.8 cm³/mol. The van der Waals surface area contributed by atoms with Crippen molar-refractivity contribution in [1.82, 2.24) is 15.2 Å². The number of halogens is 2. The van der Waals surface area contributed by atoms with E-state index in [-0.39, 0.29) is 36.8 Å². The van der Waals surface area contributed by atoms with Gasteiger partial charge in [0.2, 0.25) is 5.91 Å². The van der Waals surface area contributed by atoms with Gasteiger partial charge >= 0.3 is 0 Å². The quantitative estimate of drug-likeness (QED) is 0.890. The number of aromatic nitrogens is 1. The van der Waals surface area contributed by atoms with Crippen LogP contribution in [0.5, 0.6) is 0 Å². The van der Waals surface area contributed by atoms with Crippen molar-refractivity contribution in [2.24, 2.45) is 5.92 Å². The minimum Gasteiger partial charge on any atom is -0.338 e. The maximum absolute atomic E-state index is 12.5. The molecule has 1 aromatic heterocycles. The highest BCUT2D eigenvalue weighted by atomic mass is 35.5. The molecule has 3 rings (SSSR count). The number of carbonyl (C=O) groups excluding carboxylic acids is 1. The molecule has 1 N–H and O–H groups in total. The molecule has 21 heavy (non-hydrogen) atoms. The normalized spacial score (nSPS) is 23.7. The minimum atomic E-state index is 0. The summed E-state index contributed by atoms with van der Waals surface area (Å²) in [6.07, 6.45) is 4.27. The molecule has 2 unspecified atom stereocenters. The monoisotopic (exact) mass is 351 g/mol. The van der Waals surface area contributed by atoms with Crippen LogP contribution < -0.4 is 5.32 Å². The number of nitrogens with zero attached hydrogens (tertiary/aromatic N) is 2. The molecule has 2 heterocycles. The average Bonchev–Trinajstić information content (AvgIpc) is 3.04. The van der Waals surface area contributed by atoms with Crippen molar-refractivity contribution in [2.75, 3.05) is 20.1 Å². The van der Waals surface area contributed by atoms with Crippen LogP contribution in [-0.4, -0.2) is 35.9 Å². The van der Waals surface area contributed by atoms with Crippen LogP contribution in [-0.2, 0) is 11.2 Å². The lowest BCUT2D eigenvalue weighted by Gasteiger charge is -2.32. The lowest BCUT2D eigenvalue weighted by atomic mass is 9.95. The molecule has 1 aromatic rings. The SMILES string of the molecule is Cc1nc2c(s1)C(N(C)C(=O)C1CCNC1)CCC2.Cl.Cl. The highest BCUT2D eigenvalue weighted by Crippen LogP contribution is 2.38. The van der Waals surface area contributed by atoms with E-state index in [9.17, 15) is 4.79 Å². The van der Waals surface area contributed by atoms with Crippen LogP contribution in [0.1, 0.15) is 40.9 Å². The molecule has 0 aromatic carbocycles. The van der Waals surface area contributed by atoms with Gasteiger partial charge in [-0.15, -0.1) is 36.2 Å². The standard InChI is InChI=1S/C14H21N3OS.2ClH/c1-9-16-11-4-3-5-12(13(11)19-9)17(2)14(18)10-6-7-15-8-10;;/h10,12,15H,3-8H2,1-2H3;2*1H. The zero-order valence-electron chi connectivity index (χ0n) is 12.4. The van der Waals surface area contributed by atoms with Crippen LogP contribution in [0.15, 0.2) is 0 Å². The van der Waals surface area contributed by atoms with E-state index < -0.39 is 0 Å². The van der Waals surface area contributed by atoms with E-state index in [0.717, 1.165) is 43.8 Å². The summed E-state index contributed by atoms with van der Waals surface area (Å²) in [5.74, 6) is 0.471. The Morgan fingerprint density at radius 1 is 1.38 bits per heavy atom. The number of nitrogens with one attached hydrogen (secondary N) is 1. The molecule has 1 fully saturated rings. The highest BCUT2D eigenvalue weighted by molar-refractivity contribution is 7.11. The zero-order valence-corrected chi connectivity index (χ0v) is 14.9. The molecular formula is C14H23Cl2N3OS. The largest absolute Gasteiger partial charge is 0.338 e. The van der Waals surface area contributed by atoms with Crippen molar-refractivity contribution < 1.29 is 4.79 Å². The number of fused-ring (bicyclic) bond motifs is 1. The topological polar surface area (TPSA) is 45.2 Å². The third kappa shape index (κ3) is 3.70. The summed E-state index contributed by atoms with van der Waals surface area (Å²) in [7, 11) is 1.97. The van der Waals surface area contributed by atoms with Gasteiger partial charge < -0.3 is 10.2 Å². The van der Waals surface area contributed by atoms with Crippen molar-refractivity contribution in [3.05, 3.63) is 15.6 Å². The van der Waals surface area contributed by atoms with Gasteiger partial charge in [-0.2, -0.15) is 0 Å². The fourth-order valence-corrected chi connectivity index (χ4v) is 4.35. The van der Waals surface area contributed by atoms with E-state index >= 15 is 0 Å². The Morgan fingerprint density at radius 3 is 2.81 bits per heavy atom. The summed E-state index contributed by atoms with van der Waals surface area (Å²) in [4.78, 5) is 20.4. The smallest absolute Gasteiger partial charge is 0.227 e. The molecule has 0 radical (unpaired) electrons. The Labute approximate surface area is 142 Å². The number of hydrogen-bond acceptors (Lipinski definition) is 4. The molecule has 0 saturated carbocycles. The molecule has 4 nitrogen and oxygen atoms in total. The third-order valence-corrected chi connectivity index (χ3v) is 5.37. The van der Waals surface area contributed by atoms with Gasteiger partial charge in [-0.3, -0.25) is 4.79 Å². The molecule has 120 valence electrons. The fourth-order valence-electron chi connectivity index (χ4n) is 3.20. The van der Waals surface area contributed by atoms with Gasteiger partial charge in [0, 0.05) is 13.6 Å². The Morgan fingerprint density at radius 2 is 2.14 bits per heavy atom. The predicted octanol–water partition coefficient (Wildman–Crippen LogP) is 2.74. The molecule has 1 aliphatic heterocycles. The van der Waals surface area contributed by atoms with Gasteiger partial charge in [0.25, 0.3) is 0 Å². The number of hydrogen-bond donors (Lipinski definition) is 1. The maximum Gasteiger partial charge on any atom is 0.227 e. The molecule has 0 bridgehead atoms. The minimum absolute atomic E-state index is 0. The lowest BCUT2D eigenvalue weighted by molar-refractivity contribution is -0.136. The lowest BCUT2D eigenvalue weighted by Crippen LogP contribution is -2.37. The van der Waals surface area contributed by atoms with Crippen LogP contribution in [0.2, 0.25) is 0 Å². The molecule has 2 aliphatic rings. The Balaban J connectivity index is 0.00000110. The first-order valence-electron chi connectivity index (χ1n) is 7.10. The number of aryl methyl sites for hydroxylation is 2. The van der Waals surface area contributed by atoms with Crippen LogP contribution in [0, 0.1) is 12.8 Å². The van der Waals surface area contributed by atoms with E-state index in [1.165, 1.54) is 10.6 Å². The van der Waals surface area contributed by atoms with Gasteiger partial charge in [-0.05, 0) is 39.2 Å². The summed E-state index contributed by atoms with van der Waals surface area (Å²) in [5.41, 5.74) is 1.22. The Kier molecular flexibility index (Phi) is 6.91. The van der Waals surface area contributed by atoms with E-state index in [0.29, 0.717) is 5.91 Å². The van der Waals surface area contributed by atoms with E-state index in [1.807, 2.05) is 11.9 Å². The van der Waals surface area contributed by atoms with Crippen molar-refractivity contribution in [2.45, 2.75) is 38.6 Å². The molecule has 1 amide bonds. The highest BCUT2D eigenvalue weighted by Gasteiger charge is 2.33. The average molecular weight is 352 g/mol. The maximum atomic E-state index is 12.5. The summed E-state index contributed by atoms with van der Waals surface area (Å²) < 4.78 is 0. The summed E-state index contributed by atoms with van der Waals surface area (Å²) in [5, 5.41) is 4.40. The van der Waals surface area contributed by atoms with Gasteiger partial charge in [-0.1, -0.05) is 0 Å². The third-order valence-electron chi connectivity index (χ3n) is 4.25. The van der Waals surface area contributed by atoms with Crippen LogP contribution >= 0.6 is 36.2 Å². The second-order valence-electron chi connectivity index (χ2n) is 5.59. The second kappa shape index (κ2) is 7.77. The molecule has 1 saturated heterocycles. The summed E-state index contributed by atoms with van der Waals surface area (Å²) in [6.45, 7) is 3.87. The van der Waals surface area contributed by atoms with E-state index in [1.54, 1.807) is 11.3 Å². The number of amides is 1. The summed E-state index contributed by atoms with van der Waals surface area (Å²) >= 11 is 1.77. The van der Waals surface area contributed by atoms with Crippen molar-refractivity contribution in [1.29, 1.82) is 0 Å². The Hall–Kier alpha value is -0.360. The van der Waals surface area contributed by atoms with Gasteiger partial charge in [0.1, 0.15) is 0 Å². The molecule has 2 atom stereocenters. The van der Waals surface area contributed by atoms with Crippen molar-refractivity contribution >= 4 is 42.1 Å². The number of thiazole rings is 1.